The average molecular weight is 499 g/mol. The number of para-hydroxylation sites is 1. The van der Waals surface area contributed by atoms with Gasteiger partial charge in [0.15, 0.2) is 11.0 Å². The third kappa shape index (κ3) is 5.64. The maximum atomic E-state index is 12.5. The van der Waals surface area contributed by atoms with Crippen LogP contribution in [0.4, 0.5) is 0 Å². The van der Waals surface area contributed by atoms with Gasteiger partial charge in [-0.15, -0.1) is 21.5 Å². The van der Waals surface area contributed by atoms with E-state index in [1.807, 2.05) is 65.2 Å². The number of rotatable bonds is 9. The number of nitrogens with zero attached hydrogens (tertiary/aromatic N) is 5. The Morgan fingerprint density at radius 3 is 2.46 bits per heavy atom. The Hall–Kier alpha value is -3.82. The van der Waals surface area contributed by atoms with Crippen LogP contribution in [-0.2, 0) is 12.2 Å². The molecular formula is C26H22N6OS2. The Morgan fingerprint density at radius 2 is 1.69 bits per heavy atom. The number of thiazole rings is 1. The zero-order valence-corrected chi connectivity index (χ0v) is 20.4. The van der Waals surface area contributed by atoms with E-state index >= 15 is 0 Å². The highest BCUT2D eigenvalue weighted by molar-refractivity contribution is 7.98. The summed E-state index contributed by atoms with van der Waals surface area (Å²) in [7, 11) is 0. The Labute approximate surface area is 211 Å². The highest BCUT2D eigenvalue weighted by Crippen LogP contribution is 2.30. The lowest BCUT2D eigenvalue weighted by atomic mass is 10.1. The Bertz CT molecular complexity index is 1390. The molecule has 0 aliphatic rings. The molecule has 3 heterocycles. The summed E-state index contributed by atoms with van der Waals surface area (Å²) in [5, 5.41) is 15.3. The smallest absolute Gasteiger partial charge is 0.270 e. The molecule has 3 aromatic heterocycles. The second-order valence-corrected chi connectivity index (χ2v) is 9.50. The van der Waals surface area contributed by atoms with Gasteiger partial charge < -0.3 is 5.32 Å². The van der Waals surface area contributed by atoms with Gasteiger partial charge in [-0.2, -0.15) is 0 Å². The zero-order chi connectivity index (χ0) is 23.9. The van der Waals surface area contributed by atoms with Crippen LogP contribution in [0.25, 0.3) is 17.1 Å². The van der Waals surface area contributed by atoms with E-state index in [1.165, 1.54) is 16.9 Å². The molecule has 0 aliphatic carbocycles. The van der Waals surface area contributed by atoms with Crippen molar-refractivity contribution in [2.75, 3.05) is 6.54 Å². The Balaban J connectivity index is 1.26. The van der Waals surface area contributed by atoms with Crippen molar-refractivity contribution in [3.05, 3.63) is 107 Å². The molecule has 0 unspecified atom stereocenters. The predicted octanol–water partition coefficient (Wildman–Crippen LogP) is 5.05. The summed E-state index contributed by atoms with van der Waals surface area (Å²) in [6.07, 6.45) is 4.27. The molecular weight excluding hydrogens is 476 g/mol. The highest BCUT2D eigenvalue weighted by Gasteiger charge is 2.17. The van der Waals surface area contributed by atoms with E-state index in [2.05, 4.69) is 37.6 Å². The molecule has 174 valence electrons. The second-order valence-electron chi connectivity index (χ2n) is 7.62. The molecule has 35 heavy (non-hydrogen) atoms. The van der Waals surface area contributed by atoms with E-state index in [0.29, 0.717) is 18.0 Å². The molecule has 5 rings (SSSR count). The molecule has 0 fully saturated rings. The number of carbonyl (C=O) groups is 1. The van der Waals surface area contributed by atoms with Crippen molar-refractivity contribution in [1.29, 1.82) is 0 Å². The molecule has 1 N–H and O–H groups in total. The van der Waals surface area contributed by atoms with Gasteiger partial charge in [-0.3, -0.25) is 14.3 Å². The zero-order valence-electron chi connectivity index (χ0n) is 18.7. The lowest BCUT2D eigenvalue weighted by Gasteiger charge is -2.09. The van der Waals surface area contributed by atoms with Crippen molar-refractivity contribution in [3.63, 3.8) is 0 Å². The first-order valence-electron chi connectivity index (χ1n) is 11.1. The van der Waals surface area contributed by atoms with E-state index in [4.69, 9.17) is 0 Å². The van der Waals surface area contributed by atoms with Crippen LogP contribution in [0.2, 0.25) is 0 Å². The van der Waals surface area contributed by atoms with Gasteiger partial charge in [0, 0.05) is 35.6 Å². The molecule has 0 saturated heterocycles. The fraction of sp³-hybridized carbons (Fsp3) is 0.115. The molecule has 0 aliphatic heterocycles. The van der Waals surface area contributed by atoms with Gasteiger partial charge in [0.05, 0.1) is 5.75 Å². The van der Waals surface area contributed by atoms with Crippen molar-refractivity contribution >= 4 is 29.0 Å². The van der Waals surface area contributed by atoms with Crippen LogP contribution in [0, 0.1) is 0 Å². The average Bonchev–Trinajstić information content (AvgIpc) is 3.56. The maximum absolute atomic E-state index is 12.5. The first-order valence-corrected chi connectivity index (χ1v) is 12.9. The summed E-state index contributed by atoms with van der Waals surface area (Å²) in [5.41, 5.74) is 3.55. The number of aromatic nitrogens is 5. The van der Waals surface area contributed by atoms with E-state index in [-0.39, 0.29) is 5.91 Å². The topological polar surface area (TPSA) is 85.6 Å². The molecule has 0 radical (unpaired) electrons. The van der Waals surface area contributed by atoms with E-state index in [9.17, 15) is 4.79 Å². The number of benzene rings is 2. The summed E-state index contributed by atoms with van der Waals surface area (Å²) < 4.78 is 2.03. The SMILES string of the molecule is O=C(NCCc1ccccc1)c1csc(CSc2nnc(-c3ccncc3)n2-c2ccccc2)n1. The molecule has 9 heteroatoms. The standard InChI is InChI=1S/C26H22N6OS2/c33-25(28-16-11-19-7-3-1-4-8-19)22-17-34-23(29-22)18-35-26-31-30-24(20-12-14-27-15-13-20)32(26)21-9-5-2-6-10-21/h1-10,12-15,17H,11,16,18H2,(H,28,33). The van der Waals surface area contributed by atoms with Crippen LogP contribution >= 0.6 is 23.1 Å². The molecule has 5 aromatic rings. The fourth-order valence-corrected chi connectivity index (χ4v) is 5.27. The number of nitrogens with one attached hydrogen (secondary N) is 1. The summed E-state index contributed by atoms with van der Waals surface area (Å²) in [5.74, 6) is 1.18. The van der Waals surface area contributed by atoms with Crippen LogP contribution in [0.15, 0.2) is 95.7 Å². The van der Waals surface area contributed by atoms with Crippen LogP contribution < -0.4 is 5.32 Å². The molecule has 0 bridgehead atoms. The largest absolute Gasteiger partial charge is 0.350 e. The van der Waals surface area contributed by atoms with Gasteiger partial charge in [0.25, 0.3) is 5.91 Å². The third-order valence-electron chi connectivity index (χ3n) is 5.24. The van der Waals surface area contributed by atoms with Crippen LogP contribution in [0.5, 0.6) is 0 Å². The van der Waals surface area contributed by atoms with Crippen molar-refractivity contribution in [1.82, 2.24) is 30.0 Å². The predicted molar refractivity (Wildman–Crippen MR) is 139 cm³/mol. The number of carbonyl (C=O) groups excluding carboxylic acids is 1. The van der Waals surface area contributed by atoms with Gasteiger partial charge in [0.2, 0.25) is 0 Å². The number of thioether (sulfide) groups is 1. The quantitative estimate of drug-likeness (QED) is 0.286. The molecule has 0 spiro atoms. The van der Waals surface area contributed by atoms with Gasteiger partial charge >= 0.3 is 0 Å². The summed E-state index contributed by atoms with van der Waals surface area (Å²) in [4.78, 5) is 21.2. The van der Waals surface area contributed by atoms with Gasteiger partial charge in [-0.1, -0.05) is 60.3 Å². The van der Waals surface area contributed by atoms with Crippen LogP contribution in [0.1, 0.15) is 21.1 Å². The minimum absolute atomic E-state index is 0.152. The van der Waals surface area contributed by atoms with Crippen molar-refractivity contribution in [3.8, 4) is 17.1 Å². The van der Waals surface area contributed by atoms with E-state index in [1.54, 1.807) is 29.5 Å². The summed E-state index contributed by atoms with van der Waals surface area (Å²) in [6, 6.07) is 23.9. The van der Waals surface area contributed by atoms with Gasteiger partial charge in [0.1, 0.15) is 10.7 Å². The van der Waals surface area contributed by atoms with Crippen LogP contribution in [0.3, 0.4) is 0 Å². The number of amides is 1. The molecule has 1 amide bonds. The number of hydrogen-bond donors (Lipinski definition) is 1. The first kappa shape index (κ1) is 22.9. The molecule has 0 atom stereocenters. The normalized spacial score (nSPS) is 10.9. The fourth-order valence-electron chi connectivity index (χ4n) is 3.52. The monoisotopic (exact) mass is 498 g/mol. The molecule has 2 aromatic carbocycles. The third-order valence-corrected chi connectivity index (χ3v) is 7.21. The number of pyridine rings is 1. The highest BCUT2D eigenvalue weighted by atomic mass is 32.2. The van der Waals surface area contributed by atoms with E-state index < -0.39 is 0 Å². The maximum Gasteiger partial charge on any atom is 0.270 e. The Morgan fingerprint density at radius 1 is 0.943 bits per heavy atom. The second kappa shape index (κ2) is 11.1. The lowest BCUT2D eigenvalue weighted by molar-refractivity contribution is 0.0949. The summed E-state index contributed by atoms with van der Waals surface area (Å²) >= 11 is 3.01. The molecule has 0 saturated carbocycles. The van der Waals surface area contributed by atoms with Gasteiger partial charge in [-0.05, 0) is 36.2 Å². The van der Waals surface area contributed by atoms with Crippen molar-refractivity contribution < 1.29 is 4.79 Å². The van der Waals surface area contributed by atoms with Crippen LogP contribution in [-0.4, -0.2) is 37.2 Å². The van der Waals surface area contributed by atoms with Gasteiger partial charge in [-0.25, -0.2) is 4.98 Å². The van der Waals surface area contributed by atoms with Crippen molar-refractivity contribution in [2.45, 2.75) is 17.3 Å². The number of hydrogen-bond acceptors (Lipinski definition) is 7. The molecule has 7 nitrogen and oxygen atoms in total. The Kier molecular flexibility index (Phi) is 7.26. The minimum Gasteiger partial charge on any atom is -0.350 e. The van der Waals surface area contributed by atoms with Crippen molar-refractivity contribution in [2.24, 2.45) is 0 Å². The minimum atomic E-state index is -0.152. The van der Waals surface area contributed by atoms with E-state index in [0.717, 1.165) is 33.7 Å². The summed E-state index contributed by atoms with van der Waals surface area (Å²) in [6.45, 7) is 0.572. The lowest BCUT2D eigenvalue weighted by Crippen LogP contribution is -2.26. The first-order chi connectivity index (χ1) is 17.3.